The molecule has 1 saturated heterocycles. The number of hydrogen-bond donors (Lipinski definition) is 1. The van der Waals surface area contributed by atoms with Crippen LogP contribution in [0.5, 0.6) is 0 Å². The Balaban J connectivity index is 1.55. The van der Waals surface area contributed by atoms with Crippen molar-refractivity contribution in [1.29, 1.82) is 0 Å². The zero-order chi connectivity index (χ0) is 20.8. The first-order valence-corrected chi connectivity index (χ1v) is 9.01. The predicted molar refractivity (Wildman–Crippen MR) is 101 cm³/mol. The molecule has 1 amide bonds. The van der Waals surface area contributed by atoms with Gasteiger partial charge in [-0.15, -0.1) is 0 Å². The second-order valence-corrected chi connectivity index (χ2v) is 6.60. The van der Waals surface area contributed by atoms with Gasteiger partial charge >= 0.3 is 12.1 Å². The molecule has 29 heavy (non-hydrogen) atoms. The average Bonchev–Trinajstić information content (AvgIpc) is 3.15. The number of aliphatic hydroxyl groups excluding tert-OH is 1. The van der Waals surface area contributed by atoms with E-state index in [1.54, 1.807) is 30.3 Å². The zero-order valence-corrected chi connectivity index (χ0v) is 15.5. The van der Waals surface area contributed by atoms with Gasteiger partial charge in [0.1, 0.15) is 12.7 Å². The minimum absolute atomic E-state index is 0.0527. The maximum atomic E-state index is 12.4. The van der Waals surface area contributed by atoms with Crippen molar-refractivity contribution < 1.29 is 29.1 Å². The topological polar surface area (TPSA) is 119 Å². The maximum absolute atomic E-state index is 12.4. The van der Waals surface area contributed by atoms with Crippen LogP contribution in [0.4, 0.5) is 10.5 Å². The summed E-state index contributed by atoms with van der Waals surface area (Å²) < 4.78 is 10.7. The number of amides is 1. The largest absolute Gasteiger partial charge is 0.457 e. The van der Waals surface area contributed by atoms with Crippen molar-refractivity contribution in [1.82, 2.24) is 4.90 Å². The first-order valence-electron chi connectivity index (χ1n) is 9.01. The fourth-order valence-corrected chi connectivity index (χ4v) is 3.09. The second-order valence-electron chi connectivity index (χ2n) is 6.60. The standard InChI is InChI=1S/C20H20N2O7/c23-12-17-10-18(29-19(24)15-4-2-1-3-5-15)11-21(17)20(25)28-13-14-6-8-16(9-7-14)22(26)27/h1-9,17-18,23H,10-13H2/t17-,18+/m0/s1. The molecular weight excluding hydrogens is 380 g/mol. The highest BCUT2D eigenvalue weighted by Gasteiger charge is 2.38. The molecule has 3 rings (SSSR count). The lowest BCUT2D eigenvalue weighted by atomic mass is 10.2. The lowest BCUT2D eigenvalue weighted by Crippen LogP contribution is -2.38. The van der Waals surface area contributed by atoms with Crippen LogP contribution >= 0.6 is 0 Å². The van der Waals surface area contributed by atoms with E-state index >= 15 is 0 Å². The molecule has 2 atom stereocenters. The monoisotopic (exact) mass is 400 g/mol. The Bertz CT molecular complexity index is 870. The van der Waals surface area contributed by atoms with Crippen LogP contribution in [0.3, 0.4) is 0 Å². The Kier molecular flexibility index (Phi) is 6.40. The third-order valence-electron chi connectivity index (χ3n) is 4.61. The van der Waals surface area contributed by atoms with Gasteiger partial charge in [-0.1, -0.05) is 18.2 Å². The summed E-state index contributed by atoms with van der Waals surface area (Å²) in [5, 5.41) is 20.2. The average molecular weight is 400 g/mol. The van der Waals surface area contributed by atoms with Crippen LogP contribution in [0.25, 0.3) is 0 Å². The quantitative estimate of drug-likeness (QED) is 0.449. The molecule has 0 aliphatic carbocycles. The van der Waals surface area contributed by atoms with Crippen LogP contribution in [0, 0.1) is 10.1 Å². The summed E-state index contributed by atoms with van der Waals surface area (Å²) in [5.41, 5.74) is 0.950. The molecule has 0 spiro atoms. The third-order valence-corrected chi connectivity index (χ3v) is 4.61. The number of aliphatic hydroxyl groups is 1. The smallest absolute Gasteiger partial charge is 0.410 e. The Morgan fingerprint density at radius 3 is 2.45 bits per heavy atom. The van der Waals surface area contributed by atoms with E-state index in [1.807, 2.05) is 0 Å². The number of likely N-dealkylation sites (tertiary alicyclic amines) is 1. The number of non-ortho nitro benzene ring substituents is 1. The summed E-state index contributed by atoms with van der Waals surface area (Å²) in [6.07, 6.45) is -0.894. The molecule has 2 aromatic rings. The molecule has 9 heteroatoms. The fraction of sp³-hybridized carbons (Fsp3) is 0.300. The number of nitro benzene ring substituents is 1. The van der Waals surface area contributed by atoms with E-state index in [1.165, 1.54) is 29.2 Å². The lowest BCUT2D eigenvalue weighted by molar-refractivity contribution is -0.384. The highest BCUT2D eigenvalue weighted by atomic mass is 16.6. The van der Waals surface area contributed by atoms with Gasteiger partial charge in [-0.2, -0.15) is 0 Å². The van der Waals surface area contributed by atoms with Crippen LogP contribution in [-0.4, -0.2) is 52.3 Å². The number of nitro groups is 1. The van der Waals surface area contributed by atoms with Gasteiger partial charge in [0.15, 0.2) is 0 Å². The van der Waals surface area contributed by atoms with E-state index in [0.29, 0.717) is 17.5 Å². The molecule has 1 aliphatic rings. The van der Waals surface area contributed by atoms with Crippen molar-refractivity contribution in [2.24, 2.45) is 0 Å². The van der Waals surface area contributed by atoms with Crippen LogP contribution < -0.4 is 0 Å². The van der Waals surface area contributed by atoms with Gasteiger partial charge in [-0.3, -0.25) is 15.0 Å². The van der Waals surface area contributed by atoms with Crippen LogP contribution in [0.2, 0.25) is 0 Å². The molecule has 2 aromatic carbocycles. The molecule has 0 radical (unpaired) electrons. The van der Waals surface area contributed by atoms with Gasteiger partial charge < -0.3 is 14.6 Å². The van der Waals surface area contributed by atoms with E-state index in [4.69, 9.17) is 9.47 Å². The molecule has 1 heterocycles. The number of hydrogen-bond acceptors (Lipinski definition) is 7. The number of benzene rings is 2. The number of carbonyl (C=O) groups excluding carboxylic acids is 2. The fourth-order valence-electron chi connectivity index (χ4n) is 3.09. The van der Waals surface area contributed by atoms with Crippen molar-refractivity contribution in [3.05, 3.63) is 75.8 Å². The SMILES string of the molecule is O=C(O[C@@H]1C[C@@H](CO)N(C(=O)OCc2ccc([N+](=O)[O-])cc2)C1)c1ccccc1. The summed E-state index contributed by atoms with van der Waals surface area (Å²) >= 11 is 0. The van der Waals surface area contributed by atoms with Crippen molar-refractivity contribution in [3.8, 4) is 0 Å². The highest BCUT2D eigenvalue weighted by Crippen LogP contribution is 2.23. The highest BCUT2D eigenvalue weighted by molar-refractivity contribution is 5.89. The molecule has 1 aliphatic heterocycles. The van der Waals surface area contributed by atoms with Crippen LogP contribution in [0.1, 0.15) is 22.3 Å². The Morgan fingerprint density at radius 2 is 1.83 bits per heavy atom. The van der Waals surface area contributed by atoms with E-state index in [0.717, 1.165) is 0 Å². The van der Waals surface area contributed by atoms with Gasteiger partial charge in [0.25, 0.3) is 5.69 Å². The van der Waals surface area contributed by atoms with Gasteiger partial charge in [-0.25, -0.2) is 9.59 Å². The first-order chi connectivity index (χ1) is 14.0. The van der Waals surface area contributed by atoms with Gasteiger partial charge in [0, 0.05) is 18.6 Å². The van der Waals surface area contributed by atoms with Gasteiger partial charge in [-0.05, 0) is 29.8 Å². The van der Waals surface area contributed by atoms with Crippen molar-refractivity contribution >= 4 is 17.7 Å². The van der Waals surface area contributed by atoms with Crippen molar-refractivity contribution in [2.45, 2.75) is 25.2 Å². The zero-order valence-electron chi connectivity index (χ0n) is 15.5. The molecule has 152 valence electrons. The Morgan fingerprint density at radius 1 is 1.14 bits per heavy atom. The van der Waals surface area contributed by atoms with Gasteiger partial charge in [0.2, 0.25) is 0 Å². The normalized spacial score (nSPS) is 18.3. The minimum atomic E-state index is -0.652. The third kappa shape index (κ3) is 5.08. The maximum Gasteiger partial charge on any atom is 0.410 e. The van der Waals surface area contributed by atoms with E-state index in [-0.39, 0.29) is 25.4 Å². The molecule has 9 nitrogen and oxygen atoms in total. The predicted octanol–water partition coefficient (Wildman–Crippen LogP) is 2.52. The first kappa shape index (κ1) is 20.3. The minimum Gasteiger partial charge on any atom is -0.457 e. The molecule has 0 bridgehead atoms. The van der Waals surface area contributed by atoms with Gasteiger partial charge in [0.05, 0.1) is 29.7 Å². The number of nitrogens with zero attached hydrogens (tertiary/aromatic N) is 2. The lowest BCUT2D eigenvalue weighted by Gasteiger charge is -2.21. The molecule has 0 aromatic heterocycles. The van der Waals surface area contributed by atoms with E-state index < -0.39 is 29.1 Å². The summed E-state index contributed by atoms with van der Waals surface area (Å²) in [5.74, 6) is -0.492. The van der Waals surface area contributed by atoms with E-state index in [2.05, 4.69) is 0 Å². The van der Waals surface area contributed by atoms with Crippen LogP contribution in [0.15, 0.2) is 54.6 Å². The molecule has 1 N–H and O–H groups in total. The molecule has 0 unspecified atom stereocenters. The Hall–Kier alpha value is -3.46. The number of esters is 1. The summed E-state index contributed by atoms with van der Waals surface area (Å²) in [6.45, 7) is -0.241. The molecular formula is C20H20N2O7. The van der Waals surface area contributed by atoms with Crippen LogP contribution in [-0.2, 0) is 16.1 Å². The Labute approximate surface area is 166 Å². The molecule has 0 saturated carbocycles. The number of ether oxygens (including phenoxy) is 2. The van der Waals surface area contributed by atoms with Crippen molar-refractivity contribution in [2.75, 3.05) is 13.2 Å². The summed E-state index contributed by atoms with van der Waals surface area (Å²) in [6, 6.07) is 13.7. The van der Waals surface area contributed by atoms with E-state index in [9.17, 15) is 24.8 Å². The van der Waals surface area contributed by atoms with Crippen molar-refractivity contribution in [3.63, 3.8) is 0 Å². The number of rotatable bonds is 6. The summed E-state index contributed by atoms with van der Waals surface area (Å²) in [7, 11) is 0. The second kappa shape index (κ2) is 9.16. The number of carbonyl (C=O) groups is 2. The molecule has 1 fully saturated rings. The summed E-state index contributed by atoms with van der Waals surface area (Å²) in [4.78, 5) is 36.1.